The molecule has 1 heterocycles. The first kappa shape index (κ1) is 18.4. The Morgan fingerprint density at radius 3 is 2.12 bits per heavy atom. The van der Waals surface area contributed by atoms with Crippen LogP contribution in [0.3, 0.4) is 0 Å². The van der Waals surface area contributed by atoms with Gasteiger partial charge in [-0.3, -0.25) is 9.69 Å². The number of carbonyl (C=O) groups is 1. The number of benzene rings is 2. The van der Waals surface area contributed by atoms with Crippen molar-refractivity contribution in [3.63, 3.8) is 0 Å². The standard InChI is InChI=1S/C21H21FN2OS/c1-15-3-5-17(6-4-15)11-24(12-18-7-9-19(22)10-8-18)13-21-23-20(14-26-21)16(2)25/h3-10,14H,11-13H2,1-2H3. The van der Waals surface area contributed by atoms with Crippen LogP contribution in [0.25, 0.3) is 0 Å². The Labute approximate surface area is 157 Å². The lowest BCUT2D eigenvalue weighted by molar-refractivity contribution is 0.101. The zero-order valence-corrected chi connectivity index (χ0v) is 15.7. The van der Waals surface area contributed by atoms with Crippen LogP contribution in [-0.4, -0.2) is 15.7 Å². The molecule has 0 saturated carbocycles. The van der Waals surface area contributed by atoms with Gasteiger partial charge in [0.25, 0.3) is 0 Å². The molecule has 5 heteroatoms. The van der Waals surface area contributed by atoms with E-state index in [1.54, 1.807) is 17.5 Å². The maximum Gasteiger partial charge on any atom is 0.178 e. The number of halogens is 1. The zero-order chi connectivity index (χ0) is 18.5. The van der Waals surface area contributed by atoms with Crippen LogP contribution in [0.15, 0.2) is 53.9 Å². The average molecular weight is 368 g/mol. The molecule has 0 spiro atoms. The molecule has 0 aliphatic rings. The van der Waals surface area contributed by atoms with E-state index in [4.69, 9.17) is 0 Å². The first-order valence-corrected chi connectivity index (χ1v) is 9.35. The molecule has 134 valence electrons. The molecule has 1 aromatic heterocycles. The third-order valence-electron chi connectivity index (χ3n) is 4.12. The molecule has 0 N–H and O–H groups in total. The minimum atomic E-state index is -0.232. The predicted molar refractivity (Wildman–Crippen MR) is 103 cm³/mol. The molecule has 0 bridgehead atoms. The van der Waals surface area contributed by atoms with E-state index in [1.807, 2.05) is 0 Å². The number of aryl methyl sites for hydroxylation is 1. The molecule has 0 radical (unpaired) electrons. The fourth-order valence-electron chi connectivity index (χ4n) is 2.70. The van der Waals surface area contributed by atoms with Gasteiger partial charge in [-0.25, -0.2) is 9.37 Å². The van der Waals surface area contributed by atoms with Crippen molar-refractivity contribution in [3.8, 4) is 0 Å². The largest absolute Gasteiger partial charge is 0.293 e. The van der Waals surface area contributed by atoms with Gasteiger partial charge in [-0.1, -0.05) is 42.0 Å². The Hall–Kier alpha value is -2.37. The summed E-state index contributed by atoms with van der Waals surface area (Å²) in [6.45, 7) is 5.68. The number of hydrogen-bond acceptors (Lipinski definition) is 4. The number of hydrogen-bond donors (Lipinski definition) is 0. The maximum absolute atomic E-state index is 13.2. The maximum atomic E-state index is 13.2. The number of Topliss-reactive ketones (excluding diaryl/α,β-unsaturated/α-hetero) is 1. The first-order valence-electron chi connectivity index (χ1n) is 8.47. The van der Waals surface area contributed by atoms with Gasteiger partial charge >= 0.3 is 0 Å². The molecule has 3 aromatic rings. The lowest BCUT2D eigenvalue weighted by atomic mass is 10.1. The minimum absolute atomic E-state index is 0.0175. The summed E-state index contributed by atoms with van der Waals surface area (Å²) in [5.74, 6) is -0.249. The number of thiazole rings is 1. The van der Waals surface area contributed by atoms with Crippen molar-refractivity contribution in [1.29, 1.82) is 0 Å². The predicted octanol–water partition coefficient (Wildman–Crippen LogP) is 5.00. The molecule has 0 fully saturated rings. The highest BCUT2D eigenvalue weighted by atomic mass is 32.1. The summed E-state index contributed by atoms with van der Waals surface area (Å²) in [7, 11) is 0. The number of ketones is 1. The van der Waals surface area contributed by atoms with E-state index in [0.29, 0.717) is 18.8 Å². The van der Waals surface area contributed by atoms with Crippen molar-refractivity contribution in [2.24, 2.45) is 0 Å². The van der Waals surface area contributed by atoms with E-state index in [-0.39, 0.29) is 11.6 Å². The molecule has 3 nitrogen and oxygen atoms in total. The third kappa shape index (κ3) is 5.07. The van der Waals surface area contributed by atoms with Gasteiger partial charge in [-0.15, -0.1) is 11.3 Å². The van der Waals surface area contributed by atoms with Crippen molar-refractivity contribution < 1.29 is 9.18 Å². The highest BCUT2D eigenvalue weighted by Gasteiger charge is 2.13. The van der Waals surface area contributed by atoms with E-state index in [1.165, 1.54) is 41.5 Å². The van der Waals surface area contributed by atoms with Crippen LogP contribution < -0.4 is 0 Å². The number of rotatable bonds is 7. The lowest BCUT2D eigenvalue weighted by Crippen LogP contribution is -2.22. The highest BCUT2D eigenvalue weighted by molar-refractivity contribution is 7.09. The van der Waals surface area contributed by atoms with Crippen LogP contribution in [0.4, 0.5) is 4.39 Å². The Morgan fingerprint density at radius 1 is 1.00 bits per heavy atom. The monoisotopic (exact) mass is 368 g/mol. The number of carbonyl (C=O) groups excluding carboxylic acids is 1. The van der Waals surface area contributed by atoms with Crippen LogP contribution in [0.5, 0.6) is 0 Å². The fourth-order valence-corrected chi connectivity index (χ4v) is 3.58. The SMILES string of the molecule is CC(=O)c1csc(CN(Cc2ccc(C)cc2)Cc2ccc(F)cc2)n1. The number of nitrogens with zero attached hydrogens (tertiary/aromatic N) is 2. The molecule has 0 aliphatic heterocycles. The van der Waals surface area contributed by atoms with Crippen LogP contribution in [0, 0.1) is 12.7 Å². The molecule has 0 saturated heterocycles. The normalized spacial score (nSPS) is 11.1. The van der Waals surface area contributed by atoms with Gasteiger partial charge in [0.1, 0.15) is 16.5 Å². The second-order valence-electron chi connectivity index (χ2n) is 6.44. The van der Waals surface area contributed by atoms with E-state index in [2.05, 4.69) is 41.1 Å². The Kier molecular flexibility index (Phi) is 5.91. The zero-order valence-electron chi connectivity index (χ0n) is 14.9. The molecule has 26 heavy (non-hydrogen) atoms. The summed E-state index contributed by atoms with van der Waals surface area (Å²) in [4.78, 5) is 18.2. The molecule has 3 rings (SSSR count). The van der Waals surface area contributed by atoms with Crippen LogP contribution >= 0.6 is 11.3 Å². The molecular weight excluding hydrogens is 347 g/mol. The Bertz CT molecular complexity index is 824. The van der Waals surface area contributed by atoms with E-state index >= 15 is 0 Å². The van der Waals surface area contributed by atoms with Crippen molar-refractivity contribution in [2.45, 2.75) is 33.5 Å². The second kappa shape index (κ2) is 8.34. The summed E-state index contributed by atoms with van der Waals surface area (Å²) in [6, 6.07) is 15.0. The molecule has 2 aromatic carbocycles. The molecule has 0 amide bonds. The molecule has 0 unspecified atom stereocenters. The van der Waals surface area contributed by atoms with Crippen LogP contribution in [0.2, 0.25) is 0 Å². The lowest BCUT2D eigenvalue weighted by Gasteiger charge is -2.21. The number of aromatic nitrogens is 1. The molecular formula is C21H21FN2OS. The van der Waals surface area contributed by atoms with Gasteiger partial charge in [0.05, 0.1) is 6.54 Å². The fraction of sp³-hybridized carbons (Fsp3) is 0.238. The third-order valence-corrected chi connectivity index (χ3v) is 4.95. The van der Waals surface area contributed by atoms with Gasteiger partial charge < -0.3 is 0 Å². The van der Waals surface area contributed by atoms with Gasteiger partial charge in [-0.05, 0) is 30.2 Å². The minimum Gasteiger partial charge on any atom is -0.293 e. The van der Waals surface area contributed by atoms with Crippen molar-refractivity contribution in [1.82, 2.24) is 9.88 Å². The van der Waals surface area contributed by atoms with Gasteiger partial charge in [-0.2, -0.15) is 0 Å². The van der Waals surface area contributed by atoms with Gasteiger partial charge in [0.15, 0.2) is 5.78 Å². The smallest absolute Gasteiger partial charge is 0.178 e. The van der Waals surface area contributed by atoms with E-state index in [0.717, 1.165) is 17.1 Å². The topological polar surface area (TPSA) is 33.2 Å². The van der Waals surface area contributed by atoms with Crippen LogP contribution in [0.1, 0.15) is 39.1 Å². The summed E-state index contributed by atoms with van der Waals surface area (Å²) in [5, 5.41) is 2.71. The first-order chi connectivity index (χ1) is 12.5. The quantitative estimate of drug-likeness (QED) is 0.551. The Balaban J connectivity index is 1.78. The molecule has 0 aliphatic carbocycles. The van der Waals surface area contributed by atoms with E-state index in [9.17, 15) is 9.18 Å². The summed E-state index contributed by atoms with van der Waals surface area (Å²) in [6.07, 6.45) is 0. The highest BCUT2D eigenvalue weighted by Crippen LogP contribution is 2.18. The van der Waals surface area contributed by atoms with Gasteiger partial charge in [0.2, 0.25) is 0 Å². The van der Waals surface area contributed by atoms with Crippen molar-refractivity contribution in [2.75, 3.05) is 0 Å². The average Bonchev–Trinajstić information content (AvgIpc) is 3.08. The van der Waals surface area contributed by atoms with Crippen molar-refractivity contribution >= 4 is 17.1 Å². The van der Waals surface area contributed by atoms with Crippen molar-refractivity contribution in [3.05, 3.63) is 87.1 Å². The molecule has 0 atom stereocenters. The Morgan fingerprint density at radius 2 is 1.58 bits per heavy atom. The summed E-state index contributed by atoms with van der Waals surface area (Å²) < 4.78 is 13.2. The van der Waals surface area contributed by atoms with E-state index < -0.39 is 0 Å². The summed E-state index contributed by atoms with van der Waals surface area (Å²) >= 11 is 1.50. The second-order valence-corrected chi connectivity index (χ2v) is 7.38. The summed E-state index contributed by atoms with van der Waals surface area (Å²) in [5.41, 5.74) is 4.00. The van der Waals surface area contributed by atoms with Gasteiger partial charge in [0, 0.05) is 25.4 Å². The van der Waals surface area contributed by atoms with Crippen LogP contribution in [-0.2, 0) is 19.6 Å².